The van der Waals surface area contributed by atoms with Crippen LogP contribution >= 0.6 is 11.6 Å². The molecule has 2 aliphatic rings. The van der Waals surface area contributed by atoms with Gasteiger partial charge in [-0.2, -0.15) is 20.0 Å². The standard InChI is InChI=1S/C22H20ClFN10O2/c23-18-16(5-11(7-25)6-17(18)33-4-3-15(14(24)10-33)30-22(35)36)29-21-31-19(28-12-1-2-12)20-27-9-13(8-26)34(20)32-21/h5-6,9,12,14-15,30H,1-4,10H2,(H,35,36)(H2,28,29,31,32)/t14-,15+/m1/s1. The van der Waals surface area contributed by atoms with Crippen LogP contribution in [0.25, 0.3) is 5.65 Å². The second-order valence-corrected chi connectivity index (χ2v) is 8.97. The molecule has 2 atom stereocenters. The number of hydrogen-bond acceptors (Lipinski definition) is 9. The van der Waals surface area contributed by atoms with Crippen molar-refractivity contribution in [3.63, 3.8) is 0 Å². The third-order valence-electron chi connectivity index (χ3n) is 6.01. The van der Waals surface area contributed by atoms with E-state index in [0.717, 1.165) is 12.8 Å². The lowest BCUT2D eigenvalue weighted by molar-refractivity contribution is 0.168. The number of nitrogens with zero attached hydrogens (tertiary/aromatic N) is 7. The van der Waals surface area contributed by atoms with Crippen LogP contribution in [0.1, 0.15) is 30.5 Å². The maximum atomic E-state index is 14.7. The van der Waals surface area contributed by atoms with E-state index in [1.54, 1.807) is 11.0 Å². The first-order chi connectivity index (χ1) is 17.4. The molecule has 1 amide bonds. The minimum Gasteiger partial charge on any atom is -0.465 e. The normalized spacial score (nSPS) is 19.4. The Labute approximate surface area is 209 Å². The van der Waals surface area contributed by atoms with Crippen LogP contribution in [0.3, 0.4) is 0 Å². The SMILES string of the molecule is N#Cc1cc(Nc2nc(NC3CC3)c3ncc(C#N)n3n2)c(Cl)c(N2CC[C@H](NC(=O)O)[C@H](F)C2)c1. The molecule has 0 bridgehead atoms. The number of carboxylic acid groups (broad SMARTS) is 1. The lowest BCUT2D eigenvalue weighted by atomic mass is 10.0. The molecule has 1 aliphatic heterocycles. The van der Waals surface area contributed by atoms with E-state index >= 15 is 0 Å². The first-order valence-electron chi connectivity index (χ1n) is 11.2. The number of halogens is 2. The van der Waals surface area contributed by atoms with Crippen molar-refractivity contribution in [2.45, 2.75) is 37.5 Å². The molecule has 3 aromatic rings. The fourth-order valence-corrected chi connectivity index (χ4v) is 4.36. The molecule has 0 unspecified atom stereocenters. The molecule has 2 fully saturated rings. The van der Waals surface area contributed by atoms with Gasteiger partial charge in [0.1, 0.15) is 12.2 Å². The third kappa shape index (κ3) is 4.61. The number of alkyl halides is 1. The highest BCUT2D eigenvalue weighted by atomic mass is 35.5. The highest BCUT2D eigenvalue weighted by Crippen LogP contribution is 2.37. The number of nitriles is 2. The van der Waals surface area contributed by atoms with Crippen LogP contribution in [0.4, 0.5) is 32.3 Å². The molecule has 14 heteroatoms. The quantitative estimate of drug-likeness (QED) is 0.387. The van der Waals surface area contributed by atoms with Gasteiger partial charge in [-0.3, -0.25) is 0 Å². The van der Waals surface area contributed by atoms with E-state index in [2.05, 4.69) is 37.1 Å². The van der Waals surface area contributed by atoms with E-state index in [1.165, 1.54) is 16.8 Å². The molecular formula is C22H20ClFN10O2. The molecule has 184 valence electrons. The van der Waals surface area contributed by atoms with E-state index in [9.17, 15) is 19.7 Å². The molecule has 3 heterocycles. The number of rotatable bonds is 6. The maximum absolute atomic E-state index is 14.7. The Balaban J connectivity index is 1.48. The second-order valence-electron chi connectivity index (χ2n) is 8.59. The minimum absolute atomic E-state index is 0.0997. The number of carbonyl (C=O) groups is 1. The Kier molecular flexibility index (Phi) is 6.08. The van der Waals surface area contributed by atoms with Gasteiger partial charge in [-0.05, 0) is 31.4 Å². The summed E-state index contributed by atoms with van der Waals surface area (Å²) in [6.07, 6.45) is 0.898. The second kappa shape index (κ2) is 9.36. The van der Waals surface area contributed by atoms with Crippen LogP contribution in [0.15, 0.2) is 18.3 Å². The van der Waals surface area contributed by atoms with Gasteiger partial charge in [-0.15, -0.1) is 5.10 Å². The predicted molar refractivity (Wildman–Crippen MR) is 128 cm³/mol. The van der Waals surface area contributed by atoms with Crippen LogP contribution in [0.2, 0.25) is 5.02 Å². The molecular weight excluding hydrogens is 491 g/mol. The van der Waals surface area contributed by atoms with Crippen LogP contribution in [0.5, 0.6) is 0 Å². The van der Waals surface area contributed by atoms with E-state index in [-0.39, 0.29) is 41.2 Å². The molecule has 1 aromatic carbocycles. The van der Waals surface area contributed by atoms with Gasteiger partial charge in [-0.1, -0.05) is 11.6 Å². The first kappa shape index (κ1) is 23.4. The molecule has 4 N–H and O–H groups in total. The van der Waals surface area contributed by atoms with Gasteiger partial charge in [0.2, 0.25) is 5.95 Å². The summed E-state index contributed by atoms with van der Waals surface area (Å²) >= 11 is 6.69. The van der Waals surface area contributed by atoms with Crippen LogP contribution < -0.4 is 20.9 Å². The van der Waals surface area contributed by atoms with E-state index in [0.29, 0.717) is 29.4 Å². The number of benzene rings is 1. The molecule has 1 saturated heterocycles. The van der Waals surface area contributed by atoms with Crippen molar-refractivity contribution in [2.24, 2.45) is 0 Å². The summed E-state index contributed by atoms with van der Waals surface area (Å²) in [5, 5.41) is 41.0. The van der Waals surface area contributed by atoms with Crippen molar-refractivity contribution >= 4 is 46.5 Å². The number of piperidine rings is 1. The molecule has 5 rings (SSSR count). The smallest absolute Gasteiger partial charge is 0.404 e. The average Bonchev–Trinajstić information content (AvgIpc) is 3.57. The van der Waals surface area contributed by atoms with Crippen LogP contribution in [-0.2, 0) is 0 Å². The van der Waals surface area contributed by atoms with Gasteiger partial charge < -0.3 is 26.0 Å². The highest BCUT2D eigenvalue weighted by molar-refractivity contribution is 6.36. The fraction of sp³-hybridized carbons (Fsp3) is 0.364. The summed E-state index contributed by atoms with van der Waals surface area (Å²) in [4.78, 5) is 21.3. The van der Waals surface area contributed by atoms with Crippen molar-refractivity contribution in [3.05, 3.63) is 34.6 Å². The Bertz CT molecular complexity index is 1430. The average molecular weight is 511 g/mol. The summed E-state index contributed by atoms with van der Waals surface area (Å²) < 4.78 is 16.1. The number of aromatic nitrogens is 4. The Hall–Kier alpha value is -4.36. The number of amides is 1. The summed E-state index contributed by atoms with van der Waals surface area (Å²) in [5.74, 6) is 0.577. The van der Waals surface area contributed by atoms with Crippen molar-refractivity contribution in [1.82, 2.24) is 24.9 Å². The number of imidazole rings is 1. The lowest BCUT2D eigenvalue weighted by Crippen LogP contribution is -2.52. The molecule has 0 radical (unpaired) electrons. The predicted octanol–water partition coefficient (Wildman–Crippen LogP) is 3.02. The number of nitrogens with one attached hydrogen (secondary N) is 3. The van der Waals surface area contributed by atoms with Gasteiger partial charge in [0.25, 0.3) is 0 Å². The summed E-state index contributed by atoms with van der Waals surface area (Å²) in [6, 6.07) is 6.64. The van der Waals surface area contributed by atoms with Gasteiger partial charge in [0.05, 0.1) is 46.8 Å². The number of fused-ring (bicyclic) bond motifs is 1. The molecule has 12 nitrogen and oxygen atoms in total. The third-order valence-corrected chi connectivity index (χ3v) is 6.41. The number of hydrogen-bond donors (Lipinski definition) is 4. The van der Waals surface area contributed by atoms with Crippen molar-refractivity contribution in [3.8, 4) is 12.1 Å². The Morgan fingerprint density at radius 2 is 2.06 bits per heavy atom. The Morgan fingerprint density at radius 1 is 1.25 bits per heavy atom. The van der Waals surface area contributed by atoms with Crippen molar-refractivity contribution < 1.29 is 14.3 Å². The summed E-state index contributed by atoms with van der Waals surface area (Å²) in [5.41, 5.74) is 1.65. The summed E-state index contributed by atoms with van der Waals surface area (Å²) in [7, 11) is 0. The topological polar surface area (TPSA) is 167 Å². The lowest BCUT2D eigenvalue weighted by Gasteiger charge is -2.36. The van der Waals surface area contributed by atoms with Gasteiger partial charge in [-0.25, -0.2) is 14.2 Å². The van der Waals surface area contributed by atoms with Crippen LogP contribution in [-0.4, -0.2) is 62.1 Å². The highest BCUT2D eigenvalue weighted by Gasteiger charge is 2.32. The van der Waals surface area contributed by atoms with E-state index in [4.69, 9.17) is 16.7 Å². The zero-order chi connectivity index (χ0) is 25.4. The minimum atomic E-state index is -1.46. The van der Waals surface area contributed by atoms with Crippen LogP contribution in [0, 0.1) is 22.7 Å². The largest absolute Gasteiger partial charge is 0.465 e. The molecule has 2 aromatic heterocycles. The van der Waals surface area contributed by atoms with Crippen molar-refractivity contribution in [1.29, 1.82) is 10.5 Å². The molecule has 36 heavy (non-hydrogen) atoms. The molecule has 1 aliphatic carbocycles. The maximum Gasteiger partial charge on any atom is 0.404 e. The molecule has 1 saturated carbocycles. The zero-order valence-electron chi connectivity index (χ0n) is 18.7. The van der Waals surface area contributed by atoms with Gasteiger partial charge in [0.15, 0.2) is 17.2 Å². The first-order valence-corrected chi connectivity index (χ1v) is 11.6. The van der Waals surface area contributed by atoms with Gasteiger partial charge >= 0.3 is 6.09 Å². The van der Waals surface area contributed by atoms with Gasteiger partial charge in [0, 0.05) is 12.6 Å². The monoisotopic (exact) mass is 510 g/mol. The summed E-state index contributed by atoms with van der Waals surface area (Å²) in [6.45, 7) is 0.232. The zero-order valence-corrected chi connectivity index (χ0v) is 19.5. The fourth-order valence-electron chi connectivity index (χ4n) is 4.09. The van der Waals surface area contributed by atoms with Crippen molar-refractivity contribution in [2.75, 3.05) is 28.6 Å². The Morgan fingerprint density at radius 3 is 2.72 bits per heavy atom. The van der Waals surface area contributed by atoms with E-state index < -0.39 is 18.3 Å². The van der Waals surface area contributed by atoms with E-state index in [1.807, 2.05) is 6.07 Å². The number of anilines is 4. The molecule has 0 spiro atoms.